The van der Waals surface area contributed by atoms with E-state index in [1.54, 1.807) is 0 Å². The molecular formula is C10Cl8O2. The number of hydrogen-bond acceptors (Lipinski definition) is 2. The van der Waals surface area contributed by atoms with Gasteiger partial charge in [0.05, 0.1) is 0 Å². The minimum absolute atomic E-state index is 0.784. The molecule has 20 heavy (non-hydrogen) atoms. The predicted molar refractivity (Wildman–Crippen MR) is 78.7 cm³/mol. The zero-order valence-electron chi connectivity index (χ0n) is 8.84. The van der Waals surface area contributed by atoms with E-state index in [2.05, 4.69) is 0 Å². The molecule has 0 N–H and O–H groups in total. The second kappa shape index (κ2) is 2.58. The lowest BCUT2D eigenvalue weighted by atomic mass is 9.37. The normalized spacial score (nSPS) is 81.8. The van der Waals surface area contributed by atoms with Gasteiger partial charge in [0, 0.05) is 0 Å². The van der Waals surface area contributed by atoms with E-state index in [4.69, 9.17) is 92.8 Å². The molecule has 0 unspecified atom stereocenters. The minimum Gasteiger partial charge on any atom is -0.295 e. The number of carbonyl (C=O) groups excluding carboxylic acids is 2. The summed E-state index contributed by atoms with van der Waals surface area (Å²) >= 11 is 51.6. The van der Waals surface area contributed by atoms with Crippen molar-refractivity contribution >= 4 is 104 Å². The zero-order valence-corrected chi connectivity index (χ0v) is 14.9. The van der Waals surface area contributed by atoms with Crippen LogP contribution in [0.3, 0.4) is 0 Å². The Labute approximate surface area is 152 Å². The average molecular weight is 436 g/mol. The third kappa shape index (κ3) is 0.512. The molecule has 6 saturated carbocycles. The van der Waals surface area contributed by atoms with Crippen LogP contribution in [0.2, 0.25) is 0 Å². The number of alkyl halides is 8. The molecular weight excluding hydrogens is 436 g/mol. The molecule has 0 heterocycles. The fourth-order valence-corrected chi connectivity index (χ4v) is 12.1. The smallest absolute Gasteiger partial charge is 0.182 e. The largest absolute Gasteiger partial charge is 0.295 e. The van der Waals surface area contributed by atoms with Gasteiger partial charge in [0.15, 0.2) is 31.1 Å². The third-order valence-corrected chi connectivity index (χ3v) is 13.3. The first-order valence-corrected chi connectivity index (χ1v) is 8.44. The maximum absolute atomic E-state index is 12.7. The minimum atomic E-state index is -2.08. The van der Waals surface area contributed by atoms with Crippen LogP contribution in [0.25, 0.3) is 0 Å². The van der Waals surface area contributed by atoms with Gasteiger partial charge < -0.3 is 0 Å². The van der Waals surface area contributed by atoms with Crippen LogP contribution >= 0.6 is 92.8 Å². The van der Waals surface area contributed by atoms with E-state index in [9.17, 15) is 9.59 Å². The molecule has 8 atom stereocenters. The SMILES string of the molecule is O=C1[C@@]2(Cl)[C@@]3(Cl)[C@@]4(Cl)C(=O)[C@]5(Cl)[C@@](Cl)([C@]14Cl)[C@]2(Cl)[C@@]53Cl. The van der Waals surface area contributed by atoms with Crippen LogP contribution in [-0.2, 0) is 9.59 Å². The quantitative estimate of drug-likeness (QED) is 0.548. The summed E-state index contributed by atoms with van der Waals surface area (Å²) in [5.74, 6) is -1.57. The first-order valence-electron chi connectivity index (χ1n) is 5.42. The van der Waals surface area contributed by atoms with E-state index < -0.39 is 50.6 Å². The van der Waals surface area contributed by atoms with Crippen molar-refractivity contribution in [2.45, 2.75) is 39.0 Å². The molecule has 0 aliphatic heterocycles. The number of rotatable bonds is 0. The molecule has 6 rings (SSSR count). The molecule has 0 aromatic carbocycles. The highest BCUT2D eigenvalue weighted by molar-refractivity contribution is 6.84. The Bertz CT molecular complexity index is 668. The van der Waals surface area contributed by atoms with Crippen molar-refractivity contribution in [3.8, 4) is 0 Å². The first kappa shape index (κ1) is 14.0. The van der Waals surface area contributed by atoms with Gasteiger partial charge in [-0.25, -0.2) is 0 Å². The summed E-state index contributed by atoms with van der Waals surface area (Å²) in [5.41, 5.74) is 0. The molecule has 108 valence electrons. The summed E-state index contributed by atoms with van der Waals surface area (Å²) in [5, 5.41) is 0. The Morgan fingerprint density at radius 3 is 0.950 bits per heavy atom. The van der Waals surface area contributed by atoms with E-state index in [1.807, 2.05) is 0 Å². The molecule has 0 aromatic heterocycles. The summed E-state index contributed by atoms with van der Waals surface area (Å²) < 4.78 is 0. The van der Waals surface area contributed by atoms with E-state index in [-0.39, 0.29) is 0 Å². The van der Waals surface area contributed by atoms with Crippen molar-refractivity contribution in [2.24, 2.45) is 0 Å². The van der Waals surface area contributed by atoms with Crippen LogP contribution in [0.1, 0.15) is 0 Å². The Hall–Kier alpha value is 1.66. The number of hydrogen-bond donors (Lipinski definition) is 0. The van der Waals surface area contributed by atoms with Crippen molar-refractivity contribution < 1.29 is 9.59 Å². The van der Waals surface area contributed by atoms with Gasteiger partial charge in [0.1, 0.15) is 19.5 Å². The average Bonchev–Trinajstić information content (AvgIpc) is 2.66. The van der Waals surface area contributed by atoms with Gasteiger partial charge in [0.25, 0.3) is 0 Å². The van der Waals surface area contributed by atoms with E-state index in [0.29, 0.717) is 0 Å². The second-order valence-electron chi connectivity index (χ2n) is 5.93. The van der Waals surface area contributed by atoms with Gasteiger partial charge in [0.2, 0.25) is 0 Å². The van der Waals surface area contributed by atoms with Crippen LogP contribution in [0, 0.1) is 0 Å². The van der Waals surface area contributed by atoms with E-state index in [0.717, 1.165) is 0 Å². The summed E-state index contributed by atoms with van der Waals surface area (Å²) in [4.78, 5) is 10.2. The predicted octanol–water partition coefficient (Wildman–Crippen LogP) is 3.01. The van der Waals surface area contributed by atoms with Gasteiger partial charge in [-0.2, -0.15) is 0 Å². The fraction of sp³-hybridized carbons (Fsp3) is 0.800. The van der Waals surface area contributed by atoms with Crippen LogP contribution in [0.5, 0.6) is 0 Å². The third-order valence-electron chi connectivity index (χ3n) is 6.00. The number of ketones is 2. The summed E-state index contributed by atoms with van der Waals surface area (Å²) in [6, 6.07) is 0. The van der Waals surface area contributed by atoms with Gasteiger partial charge in [-0.3, -0.25) is 9.59 Å². The topological polar surface area (TPSA) is 34.1 Å². The molecule has 0 radical (unpaired) electrons. The van der Waals surface area contributed by atoms with Gasteiger partial charge in [-0.05, 0) is 0 Å². The highest BCUT2D eigenvalue weighted by Crippen LogP contribution is 3.06. The van der Waals surface area contributed by atoms with Gasteiger partial charge in [-0.15, -0.1) is 92.8 Å². The molecule has 0 amide bonds. The lowest BCUT2D eigenvalue weighted by Crippen LogP contribution is -3.07. The summed E-state index contributed by atoms with van der Waals surface area (Å²) in [7, 11) is 0. The first-order chi connectivity index (χ1) is 8.81. The maximum atomic E-state index is 12.7. The Morgan fingerprint density at radius 1 is 0.450 bits per heavy atom. The second-order valence-corrected chi connectivity index (χ2v) is 10.5. The molecule has 2 nitrogen and oxygen atoms in total. The van der Waals surface area contributed by atoms with Crippen LogP contribution in [0.15, 0.2) is 0 Å². The molecule has 6 aliphatic carbocycles. The molecule has 0 spiro atoms. The lowest BCUT2D eigenvalue weighted by molar-refractivity contribution is -0.126. The summed E-state index contributed by atoms with van der Waals surface area (Å²) in [6.07, 6.45) is 0. The van der Waals surface area contributed by atoms with Crippen LogP contribution in [-0.4, -0.2) is 50.6 Å². The van der Waals surface area contributed by atoms with Crippen molar-refractivity contribution in [3.05, 3.63) is 0 Å². The summed E-state index contributed by atoms with van der Waals surface area (Å²) in [6.45, 7) is 0. The molecule has 0 saturated heterocycles. The van der Waals surface area contributed by atoms with Crippen LogP contribution in [0.4, 0.5) is 0 Å². The van der Waals surface area contributed by atoms with Gasteiger partial charge >= 0.3 is 0 Å². The van der Waals surface area contributed by atoms with E-state index in [1.165, 1.54) is 0 Å². The molecule has 6 fully saturated rings. The Balaban J connectivity index is 2.11. The van der Waals surface area contributed by atoms with Crippen molar-refractivity contribution in [2.75, 3.05) is 0 Å². The van der Waals surface area contributed by atoms with E-state index >= 15 is 0 Å². The molecule has 0 aromatic rings. The number of Topliss-reactive ketones (excluding diaryl/α,β-unsaturated/α-hetero) is 2. The monoisotopic (exact) mass is 432 g/mol. The maximum Gasteiger partial charge on any atom is 0.182 e. The molecule has 6 aliphatic rings. The standard InChI is InChI=1S/C10Cl8O2/c11-3-1(19)5(13)8(16)4(3,12)2(20)6(14)7(3,15)9(5,17)10(6,8)18/t3-,4+,5+,6-,7-,8-,9-,10+/m0/s1. The van der Waals surface area contributed by atoms with Gasteiger partial charge in [-0.1, -0.05) is 0 Å². The number of carbonyl (C=O) groups is 2. The Kier molecular flexibility index (Phi) is 1.81. The Morgan fingerprint density at radius 2 is 0.700 bits per heavy atom. The molecule has 10 heteroatoms. The molecule has 4 bridgehead atoms. The highest BCUT2D eigenvalue weighted by Gasteiger charge is 3.29. The lowest BCUT2D eigenvalue weighted by Gasteiger charge is -2.84. The zero-order chi connectivity index (χ0) is 15.2. The highest BCUT2D eigenvalue weighted by atomic mass is 35.5. The van der Waals surface area contributed by atoms with Crippen LogP contribution < -0.4 is 0 Å². The number of halogens is 8. The fourth-order valence-electron chi connectivity index (χ4n) is 5.40. The van der Waals surface area contributed by atoms with Crippen molar-refractivity contribution in [1.29, 1.82) is 0 Å². The van der Waals surface area contributed by atoms with Crippen molar-refractivity contribution in [3.63, 3.8) is 0 Å². The van der Waals surface area contributed by atoms with Crippen molar-refractivity contribution in [1.82, 2.24) is 0 Å².